The molecule has 2 heterocycles. The molecule has 1 amide bonds. The van der Waals surface area contributed by atoms with Crippen LogP contribution in [0.3, 0.4) is 0 Å². The fraction of sp³-hybridized carbons (Fsp3) is 0.500. The van der Waals surface area contributed by atoms with E-state index in [9.17, 15) is 4.79 Å². The Hall–Kier alpha value is -0.490. The minimum absolute atomic E-state index is 0. The summed E-state index contributed by atoms with van der Waals surface area (Å²) in [6, 6.07) is 6.00. The molecule has 0 bridgehead atoms. The minimum Gasteiger partial charge on any atom is -0.340 e. The van der Waals surface area contributed by atoms with E-state index in [0.29, 0.717) is 12.3 Å². The zero-order valence-corrected chi connectivity index (χ0v) is 13.0. The van der Waals surface area contributed by atoms with Gasteiger partial charge < -0.3 is 10.6 Å². The Morgan fingerprint density at radius 3 is 2.84 bits per heavy atom. The standard InChI is InChI=1S/C12H17N3OS.2ClH/c13-10-4-6-15(7-10)12(16)9-17-8-11-3-1-2-5-14-11;;/h1-3,5,10H,4,6-9,13H2;2*1H/t10-;;/m1../s1. The van der Waals surface area contributed by atoms with Gasteiger partial charge in [0.15, 0.2) is 0 Å². The van der Waals surface area contributed by atoms with Crippen molar-refractivity contribution in [3.05, 3.63) is 30.1 Å². The molecule has 0 aromatic carbocycles. The van der Waals surface area contributed by atoms with Crippen molar-refractivity contribution in [2.24, 2.45) is 5.73 Å². The summed E-state index contributed by atoms with van der Waals surface area (Å²) in [5.74, 6) is 1.49. The summed E-state index contributed by atoms with van der Waals surface area (Å²) in [6.45, 7) is 1.52. The summed E-state index contributed by atoms with van der Waals surface area (Å²) >= 11 is 1.61. The summed E-state index contributed by atoms with van der Waals surface area (Å²) in [6.07, 6.45) is 2.70. The molecule has 1 saturated heterocycles. The summed E-state index contributed by atoms with van der Waals surface area (Å²) < 4.78 is 0. The fourth-order valence-electron chi connectivity index (χ4n) is 1.83. The number of nitrogens with zero attached hydrogens (tertiary/aromatic N) is 2. The second-order valence-corrected chi connectivity index (χ2v) is 5.19. The highest BCUT2D eigenvalue weighted by Crippen LogP contribution is 2.13. The van der Waals surface area contributed by atoms with Crippen LogP contribution in [0.1, 0.15) is 12.1 Å². The van der Waals surface area contributed by atoms with Gasteiger partial charge in [-0.3, -0.25) is 9.78 Å². The molecule has 0 aliphatic carbocycles. The van der Waals surface area contributed by atoms with Crippen LogP contribution in [0.5, 0.6) is 0 Å². The average Bonchev–Trinajstić information content (AvgIpc) is 2.77. The number of hydrogen-bond donors (Lipinski definition) is 1. The Morgan fingerprint density at radius 1 is 1.47 bits per heavy atom. The Morgan fingerprint density at radius 2 is 2.26 bits per heavy atom. The maximum atomic E-state index is 11.8. The van der Waals surface area contributed by atoms with Crippen LogP contribution in [0, 0.1) is 0 Å². The number of thioether (sulfide) groups is 1. The Balaban J connectivity index is 0.00000162. The zero-order chi connectivity index (χ0) is 12.1. The first-order chi connectivity index (χ1) is 8.25. The zero-order valence-electron chi connectivity index (χ0n) is 10.5. The van der Waals surface area contributed by atoms with Crippen LogP contribution < -0.4 is 5.73 Å². The molecule has 19 heavy (non-hydrogen) atoms. The Bertz CT molecular complexity index is 380. The molecular weight excluding hydrogens is 305 g/mol. The number of carbonyl (C=O) groups excluding carboxylic acids is 1. The molecule has 4 nitrogen and oxygen atoms in total. The highest BCUT2D eigenvalue weighted by molar-refractivity contribution is 7.99. The summed E-state index contributed by atoms with van der Waals surface area (Å²) in [7, 11) is 0. The van der Waals surface area contributed by atoms with Crippen molar-refractivity contribution in [3.63, 3.8) is 0 Å². The van der Waals surface area contributed by atoms with Gasteiger partial charge in [0.1, 0.15) is 0 Å². The van der Waals surface area contributed by atoms with Crippen molar-refractivity contribution in [3.8, 4) is 0 Å². The van der Waals surface area contributed by atoms with Gasteiger partial charge in [0.05, 0.1) is 11.4 Å². The number of halogens is 2. The van der Waals surface area contributed by atoms with Crippen LogP contribution in [-0.4, -0.2) is 40.7 Å². The molecular formula is C12H19Cl2N3OS. The topological polar surface area (TPSA) is 59.2 Å². The molecule has 108 valence electrons. The molecule has 1 aliphatic heterocycles. The van der Waals surface area contributed by atoms with Gasteiger partial charge in [-0.05, 0) is 18.6 Å². The van der Waals surface area contributed by atoms with Gasteiger partial charge in [0.25, 0.3) is 0 Å². The third-order valence-electron chi connectivity index (χ3n) is 2.78. The van der Waals surface area contributed by atoms with Gasteiger partial charge >= 0.3 is 0 Å². The van der Waals surface area contributed by atoms with Gasteiger partial charge in [-0.1, -0.05) is 6.07 Å². The van der Waals surface area contributed by atoms with Crippen LogP contribution in [-0.2, 0) is 10.5 Å². The van der Waals surface area contributed by atoms with Crippen molar-refractivity contribution in [1.82, 2.24) is 9.88 Å². The lowest BCUT2D eigenvalue weighted by atomic mass is 10.3. The summed E-state index contributed by atoms with van der Waals surface area (Å²) in [4.78, 5) is 17.9. The predicted molar refractivity (Wildman–Crippen MR) is 84.1 cm³/mol. The second-order valence-electron chi connectivity index (χ2n) is 4.20. The lowest BCUT2D eigenvalue weighted by Crippen LogP contribution is -2.33. The molecule has 1 aliphatic rings. The van der Waals surface area contributed by atoms with Gasteiger partial charge in [-0.2, -0.15) is 0 Å². The number of pyridine rings is 1. The van der Waals surface area contributed by atoms with Crippen LogP contribution in [0.25, 0.3) is 0 Å². The minimum atomic E-state index is 0. The van der Waals surface area contributed by atoms with Gasteiger partial charge in [0, 0.05) is 31.1 Å². The third-order valence-corrected chi connectivity index (χ3v) is 3.73. The molecule has 1 fully saturated rings. The predicted octanol–water partition coefficient (Wildman–Crippen LogP) is 1.72. The molecule has 2 N–H and O–H groups in total. The highest BCUT2D eigenvalue weighted by atomic mass is 35.5. The number of likely N-dealkylation sites (tertiary alicyclic amines) is 1. The quantitative estimate of drug-likeness (QED) is 0.916. The first kappa shape index (κ1) is 18.5. The van der Waals surface area contributed by atoms with Gasteiger partial charge in [-0.25, -0.2) is 0 Å². The van der Waals surface area contributed by atoms with E-state index < -0.39 is 0 Å². The number of carbonyl (C=O) groups is 1. The molecule has 1 aromatic heterocycles. The SMILES string of the molecule is Cl.Cl.N[C@@H]1CCN(C(=O)CSCc2ccccn2)C1. The lowest BCUT2D eigenvalue weighted by molar-refractivity contribution is -0.127. The fourth-order valence-corrected chi connectivity index (χ4v) is 2.67. The molecule has 7 heteroatoms. The van der Waals surface area contributed by atoms with E-state index >= 15 is 0 Å². The molecule has 2 rings (SSSR count). The van der Waals surface area contributed by atoms with Crippen molar-refractivity contribution < 1.29 is 4.79 Å². The van der Waals surface area contributed by atoms with Crippen LogP contribution >= 0.6 is 36.6 Å². The highest BCUT2D eigenvalue weighted by Gasteiger charge is 2.22. The lowest BCUT2D eigenvalue weighted by Gasteiger charge is -2.15. The maximum Gasteiger partial charge on any atom is 0.232 e. The Labute approximate surface area is 130 Å². The van der Waals surface area contributed by atoms with Crippen LogP contribution in [0.15, 0.2) is 24.4 Å². The largest absolute Gasteiger partial charge is 0.340 e. The normalized spacial score (nSPS) is 17.5. The summed E-state index contributed by atoms with van der Waals surface area (Å²) in [5, 5.41) is 0. The van der Waals surface area contributed by atoms with Crippen LogP contribution in [0.4, 0.5) is 0 Å². The number of rotatable bonds is 4. The third kappa shape index (κ3) is 5.99. The molecule has 0 spiro atoms. The molecule has 0 unspecified atom stereocenters. The van der Waals surface area contributed by atoms with Crippen molar-refractivity contribution in [2.45, 2.75) is 18.2 Å². The van der Waals surface area contributed by atoms with Crippen molar-refractivity contribution in [2.75, 3.05) is 18.8 Å². The number of nitrogens with two attached hydrogens (primary N) is 1. The molecule has 0 saturated carbocycles. The van der Waals surface area contributed by atoms with Crippen molar-refractivity contribution >= 4 is 42.5 Å². The van der Waals surface area contributed by atoms with E-state index in [2.05, 4.69) is 4.98 Å². The van der Waals surface area contributed by atoms with E-state index in [1.54, 1.807) is 18.0 Å². The van der Waals surface area contributed by atoms with Crippen LogP contribution in [0.2, 0.25) is 0 Å². The Kier molecular flexibility index (Phi) is 9.18. The molecule has 1 atom stereocenters. The second kappa shape index (κ2) is 9.42. The first-order valence-electron chi connectivity index (χ1n) is 5.76. The number of hydrogen-bond acceptors (Lipinski definition) is 4. The van der Waals surface area contributed by atoms with Gasteiger partial charge in [0.2, 0.25) is 5.91 Å². The monoisotopic (exact) mass is 323 g/mol. The smallest absolute Gasteiger partial charge is 0.232 e. The van der Waals surface area contributed by atoms with E-state index in [1.807, 2.05) is 23.1 Å². The van der Waals surface area contributed by atoms with E-state index in [1.165, 1.54) is 0 Å². The van der Waals surface area contributed by atoms with E-state index in [-0.39, 0.29) is 36.8 Å². The number of aromatic nitrogens is 1. The summed E-state index contributed by atoms with van der Waals surface area (Å²) in [5.41, 5.74) is 6.79. The van der Waals surface area contributed by atoms with E-state index in [4.69, 9.17) is 5.73 Å². The first-order valence-corrected chi connectivity index (χ1v) is 6.92. The molecule has 1 aromatic rings. The van der Waals surface area contributed by atoms with Crippen molar-refractivity contribution in [1.29, 1.82) is 0 Å². The average molecular weight is 324 g/mol. The van der Waals surface area contributed by atoms with Gasteiger partial charge in [-0.15, -0.1) is 36.6 Å². The number of amides is 1. The van der Waals surface area contributed by atoms with E-state index in [0.717, 1.165) is 24.4 Å². The molecule has 0 radical (unpaired) electrons. The maximum absolute atomic E-state index is 11.8.